The van der Waals surface area contributed by atoms with E-state index in [1.165, 1.54) is 6.07 Å². The van der Waals surface area contributed by atoms with Crippen LogP contribution in [0.1, 0.15) is 27.2 Å². The first kappa shape index (κ1) is 15.3. The molecular weight excluding hydrogens is 274 g/mol. The van der Waals surface area contributed by atoms with Gasteiger partial charge in [0.05, 0.1) is 6.61 Å². The van der Waals surface area contributed by atoms with Gasteiger partial charge >= 0.3 is 0 Å². The van der Waals surface area contributed by atoms with E-state index in [1.807, 2.05) is 6.92 Å². The van der Waals surface area contributed by atoms with Crippen molar-refractivity contribution in [3.05, 3.63) is 23.2 Å². The number of benzene rings is 1. The fourth-order valence-corrected chi connectivity index (χ4v) is 3.06. The van der Waals surface area contributed by atoms with Crippen molar-refractivity contribution in [3.63, 3.8) is 0 Å². The highest BCUT2D eigenvalue weighted by Gasteiger charge is 2.21. The third-order valence-corrected chi connectivity index (χ3v) is 3.96. The van der Waals surface area contributed by atoms with Gasteiger partial charge in [-0.15, -0.1) is 0 Å². The number of hydrogen-bond donors (Lipinski definition) is 1. The molecule has 0 aromatic heterocycles. The maximum atomic E-state index is 12.1. The average molecular weight is 292 g/mol. The average Bonchev–Trinajstić information content (AvgIpc) is 2.25. The molecule has 0 spiro atoms. The lowest BCUT2D eigenvalue weighted by Gasteiger charge is -2.14. The summed E-state index contributed by atoms with van der Waals surface area (Å²) in [5.74, 6) is 0.328. The monoisotopic (exact) mass is 291 g/mol. The van der Waals surface area contributed by atoms with Gasteiger partial charge < -0.3 is 4.74 Å². The van der Waals surface area contributed by atoms with Crippen LogP contribution in [-0.2, 0) is 10.0 Å². The van der Waals surface area contributed by atoms with Gasteiger partial charge in [0.15, 0.2) is 0 Å². The summed E-state index contributed by atoms with van der Waals surface area (Å²) in [6.45, 7) is 5.94. The summed E-state index contributed by atoms with van der Waals surface area (Å²) in [4.78, 5) is 0.0807. The second-order valence-corrected chi connectivity index (χ2v) is 6.33. The van der Waals surface area contributed by atoms with Crippen molar-refractivity contribution in [1.82, 2.24) is 4.72 Å². The first-order valence-corrected chi connectivity index (χ1v) is 7.67. The van der Waals surface area contributed by atoms with Crippen LogP contribution < -0.4 is 9.46 Å². The van der Waals surface area contributed by atoms with E-state index in [2.05, 4.69) is 4.72 Å². The Morgan fingerprint density at radius 2 is 2.06 bits per heavy atom. The number of hydrogen-bond acceptors (Lipinski definition) is 3. The van der Waals surface area contributed by atoms with Crippen LogP contribution in [0.2, 0.25) is 5.02 Å². The summed E-state index contributed by atoms with van der Waals surface area (Å²) in [7, 11) is -3.60. The van der Waals surface area contributed by atoms with Crippen molar-refractivity contribution in [2.75, 3.05) is 6.61 Å². The van der Waals surface area contributed by atoms with Crippen molar-refractivity contribution in [3.8, 4) is 5.75 Å². The molecule has 0 atom stereocenters. The normalized spacial score (nSPS) is 11.8. The summed E-state index contributed by atoms with van der Waals surface area (Å²) < 4.78 is 32.2. The molecule has 18 heavy (non-hydrogen) atoms. The van der Waals surface area contributed by atoms with Crippen molar-refractivity contribution in [1.29, 1.82) is 0 Å². The van der Waals surface area contributed by atoms with Gasteiger partial charge in [0.1, 0.15) is 10.6 Å². The Morgan fingerprint density at radius 3 is 2.61 bits per heavy atom. The molecule has 0 amide bonds. The van der Waals surface area contributed by atoms with E-state index in [-0.39, 0.29) is 10.9 Å². The predicted molar refractivity (Wildman–Crippen MR) is 72.7 cm³/mol. The van der Waals surface area contributed by atoms with Crippen LogP contribution in [0.3, 0.4) is 0 Å². The van der Waals surface area contributed by atoms with E-state index in [9.17, 15) is 8.42 Å². The van der Waals surface area contributed by atoms with Crippen LogP contribution in [-0.4, -0.2) is 21.1 Å². The zero-order valence-electron chi connectivity index (χ0n) is 10.7. The van der Waals surface area contributed by atoms with Gasteiger partial charge in [-0.1, -0.05) is 18.5 Å². The van der Waals surface area contributed by atoms with Gasteiger partial charge in [0.25, 0.3) is 0 Å². The molecule has 0 heterocycles. The number of nitrogens with one attached hydrogen (secondary N) is 1. The predicted octanol–water partition coefficient (Wildman–Crippen LogP) is 2.82. The molecule has 0 aliphatic carbocycles. The van der Waals surface area contributed by atoms with E-state index < -0.39 is 10.0 Å². The Hall–Kier alpha value is -0.780. The van der Waals surface area contributed by atoms with E-state index in [0.717, 1.165) is 6.42 Å². The first-order valence-electron chi connectivity index (χ1n) is 5.81. The highest BCUT2D eigenvalue weighted by Crippen LogP contribution is 2.27. The molecule has 0 aliphatic rings. The number of ether oxygens (including phenoxy) is 1. The lowest BCUT2D eigenvalue weighted by atomic mass is 10.3. The van der Waals surface area contributed by atoms with Gasteiger partial charge in [-0.25, -0.2) is 13.1 Å². The van der Waals surface area contributed by atoms with Gasteiger partial charge in [-0.3, -0.25) is 0 Å². The SMILES string of the molecule is CCCOc1ccc(Cl)cc1S(=O)(=O)NC(C)C. The molecule has 0 saturated carbocycles. The van der Waals surface area contributed by atoms with Crippen LogP contribution in [0.15, 0.2) is 23.1 Å². The highest BCUT2D eigenvalue weighted by atomic mass is 35.5. The maximum absolute atomic E-state index is 12.1. The molecule has 4 nitrogen and oxygen atoms in total. The number of halogens is 1. The van der Waals surface area contributed by atoms with Gasteiger partial charge in [-0.05, 0) is 38.5 Å². The lowest BCUT2D eigenvalue weighted by molar-refractivity contribution is 0.309. The second-order valence-electron chi connectivity index (χ2n) is 4.22. The fraction of sp³-hybridized carbons (Fsp3) is 0.500. The molecule has 102 valence electrons. The zero-order chi connectivity index (χ0) is 13.8. The Kier molecular flexibility index (Phi) is 5.44. The maximum Gasteiger partial charge on any atom is 0.244 e. The third kappa shape index (κ3) is 4.15. The highest BCUT2D eigenvalue weighted by molar-refractivity contribution is 7.89. The minimum Gasteiger partial charge on any atom is -0.492 e. The van der Waals surface area contributed by atoms with Crippen molar-refractivity contribution in [2.24, 2.45) is 0 Å². The molecule has 0 radical (unpaired) electrons. The summed E-state index contributed by atoms with van der Waals surface area (Å²) in [5, 5.41) is 0.364. The topological polar surface area (TPSA) is 55.4 Å². The largest absolute Gasteiger partial charge is 0.492 e. The molecule has 0 fully saturated rings. The molecule has 0 saturated heterocycles. The number of rotatable bonds is 6. The molecule has 1 aromatic carbocycles. The Balaban J connectivity index is 3.16. The van der Waals surface area contributed by atoms with E-state index in [4.69, 9.17) is 16.3 Å². The zero-order valence-corrected chi connectivity index (χ0v) is 12.3. The molecule has 1 aromatic rings. The molecular formula is C12H18ClNO3S. The molecule has 0 unspecified atom stereocenters. The Bertz CT molecular complexity index is 500. The molecule has 1 rings (SSSR count). The summed E-state index contributed by atoms with van der Waals surface area (Å²) in [6, 6.07) is 4.40. The van der Waals surface area contributed by atoms with Crippen LogP contribution in [0.25, 0.3) is 0 Å². The quantitative estimate of drug-likeness (QED) is 0.877. The smallest absolute Gasteiger partial charge is 0.244 e. The van der Waals surface area contributed by atoms with Crippen LogP contribution >= 0.6 is 11.6 Å². The van der Waals surface area contributed by atoms with Gasteiger partial charge in [-0.2, -0.15) is 0 Å². The van der Waals surface area contributed by atoms with Crippen LogP contribution in [0.4, 0.5) is 0 Å². The standard InChI is InChI=1S/C12H18ClNO3S/c1-4-7-17-11-6-5-10(13)8-12(11)18(15,16)14-9(2)3/h5-6,8-9,14H,4,7H2,1-3H3. The molecule has 1 N–H and O–H groups in total. The van der Waals surface area contributed by atoms with Crippen molar-refractivity contribution < 1.29 is 13.2 Å². The molecule has 0 bridgehead atoms. The van der Waals surface area contributed by atoms with E-state index >= 15 is 0 Å². The minimum absolute atomic E-state index is 0.0807. The van der Waals surface area contributed by atoms with Crippen LogP contribution in [0, 0.1) is 0 Å². The summed E-state index contributed by atoms with van der Waals surface area (Å²) in [5.41, 5.74) is 0. The van der Waals surface area contributed by atoms with Crippen molar-refractivity contribution in [2.45, 2.75) is 38.1 Å². The first-order chi connectivity index (χ1) is 8.36. The Labute approximate surface area is 113 Å². The lowest BCUT2D eigenvalue weighted by Crippen LogP contribution is -2.30. The fourth-order valence-electron chi connectivity index (χ4n) is 1.40. The Morgan fingerprint density at radius 1 is 1.39 bits per heavy atom. The number of sulfonamides is 1. The molecule has 6 heteroatoms. The third-order valence-electron chi connectivity index (χ3n) is 2.05. The second kappa shape index (κ2) is 6.41. The van der Waals surface area contributed by atoms with E-state index in [0.29, 0.717) is 17.4 Å². The van der Waals surface area contributed by atoms with Gasteiger partial charge in [0, 0.05) is 11.1 Å². The van der Waals surface area contributed by atoms with Gasteiger partial charge in [0.2, 0.25) is 10.0 Å². The van der Waals surface area contributed by atoms with E-state index in [1.54, 1.807) is 26.0 Å². The van der Waals surface area contributed by atoms with Crippen LogP contribution in [0.5, 0.6) is 5.75 Å². The van der Waals surface area contributed by atoms with Crippen molar-refractivity contribution >= 4 is 21.6 Å². The molecule has 0 aliphatic heterocycles. The summed E-state index contributed by atoms with van der Waals surface area (Å²) in [6.07, 6.45) is 0.805. The minimum atomic E-state index is -3.60. The summed E-state index contributed by atoms with van der Waals surface area (Å²) >= 11 is 5.85.